The summed E-state index contributed by atoms with van der Waals surface area (Å²) in [6.07, 6.45) is -0.252. The Bertz CT molecular complexity index is 551. The van der Waals surface area contributed by atoms with E-state index in [9.17, 15) is 14.9 Å². The van der Waals surface area contributed by atoms with Crippen LogP contribution in [0.4, 0.5) is 5.69 Å². The zero-order chi connectivity index (χ0) is 16.7. The van der Waals surface area contributed by atoms with E-state index in [2.05, 4.69) is 0 Å². The molecule has 1 saturated heterocycles. The largest absolute Gasteiger partial charge is 0.484 e. The molecule has 1 atom stereocenters. The van der Waals surface area contributed by atoms with Crippen molar-refractivity contribution in [2.45, 2.75) is 13.0 Å². The van der Waals surface area contributed by atoms with Crippen LogP contribution in [-0.4, -0.2) is 61.4 Å². The summed E-state index contributed by atoms with van der Waals surface area (Å²) in [4.78, 5) is 23.9. The molecule has 0 aromatic heterocycles. The van der Waals surface area contributed by atoms with Crippen molar-refractivity contribution in [3.8, 4) is 5.75 Å². The van der Waals surface area contributed by atoms with E-state index in [0.29, 0.717) is 26.3 Å². The Labute approximate surface area is 134 Å². The molecule has 1 heterocycles. The SMILES string of the molecule is CCOC(=O)CN1CCO[C@@H](COc2ccccc2[N+](=O)[O-])C1. The first kappa shape index (κ1) is 17.2. The van der Waals surface area contributed by atoms with Crippen LogP contribution in [-0.2, 0) is 14.3 Å². The summed E-state index contributed by atoms with van der Waals surface area (Å²) in [6, 6.07) is 6.21. The number of hydrogen-bond acceptors (Lipinski definition) is 7. The minimum atomic E-state index is -0.482. The Morgan fingerprint density at radius 2 is 2.26 bits per heavy atom. The molecule has 0 unspecified atom stereocenters. The molecular weight excluding hydrogens is 304 g/mol. The number of benzene rings is 1. The van der Waals surface area contributed by atoms with Gasteiger partial charge in [-0.25, -0.2) is 0 Å². The first-order chi connectivity index (χ1) is 11.1. The lowest BCUT2D eigenvalue weighted by Gasteiger charge is -2.31. The van der Waals surface area contributed by atoms with Gasteiger partial charge < -0.3 is 14.2 Å². The van der Waals surface area contributed by atoms with Crippen molar-refractivity contribution < 1.29 is 23.9 Å². The molecule has 23 heavy (non-hydrogen) atoms. The summed E-state index contributed by atoms with van der Waals surface area (Å²) in [5.41, 5.74) is -0.0771. The molecule has 0 N–H and O–H groups in total. The second kappa shape index (κ2) is 8.44. The van der Waals surface area contributed by atoms with Gasteiger partial charge in [-0.15, -0.1) is 0 Å². The predicted molar refractivity (Wildman–Crippen MR) is 81.4 cm³/mol. The van der Waals surface area contributed by atoms with E-state index in [-0.39, 0.29) is 36.7 Å². The highest BCUT2D eigenvalue weighted by atomic mass is 16.6. The van der Waals surface area contributed by atoms with Gasteiger partial charge in [0.1, 0.15) is 12.7 Å². The monoisotopic (exact) mass is 324 g/mol. The first-order valence-electron chi connectivity index (χ1n) is 7.46. The van der Waals surface area contributed by atoms with E-state index in [4.69, 9.17) is 14.2 Å². The highest BCUT2D eigenvalue weighted by Gasteiger charge is 2.24. The second-order valence-corrected chi connectivity index (χ2v) is 5.07. The normalized spacial score (nSPS) is 18.4. The Balaban J connectivity index is 1.86. The fourth-order valence-corrected chi connectivity index (χ4v) is 2.33. The van der Waals surface area contributed by atoms with Crippen LogP contribution >= 0.6 is 0 Å². The van der Waals surface area contributed by atoms with Gasteiger partial charge in [-0.2, -0.15) is 0 Å². The number of esters is 1. The standard InChI is InChI=1S/C15H20N2O6/c1-2-21-15(18)10-16-7-8-22-12(9-16)11-23-14-6-4-3-5-13(14)17(19)20/h3-6,12H,2,7-11H2,1H3/t12-/m1/s1. The number of nitro benzene ring substituents is 1. The molecule has 0 saturated carbocycles. The van der Waals surface area contributed by atoms with Crippen LogP contribution in [0.2, 0.25) is 0 Å². The summed E-state index contributed by atoms with van der Waals surface area (Å²) in [5, 5.41) is 10.9. The van der Waals surface area contributed by atoms with E-state index in [1.807, 2.05) is 4.90 Å². The molecule has 1 aliphatic rings. The van der Waals surface area contributed by atoms with Crippen molar-refractivity contribution in [1.82, 2.24) is 4.90 Å². The summed E-state index contributed by atoms with van der Waals surface area (Å²) in [7, 11) is 0. The van der Waals surface area contributed by atoms with Gasteiger partial charge >= 0.3 is 11.7 Å². The smallest absolute Gasteiger partial charge is 0.320 e. The summed E-state index contributed by atoms with van der Waals surface area (Å²) in [6.45, 7) is 4.14. The van der Waals surface area contributed by atoms with Gasteiger partial charge in [-0.3, -0.25) is 19.8 Å². The van der Waals surface area contributed by atoms with E-state index >= 15 is 0 Å². The molecule has 2 rings (SSSR count). The van der Waals surface area contributed by atoms with Crippen molar-refractivity contribution in [2.24, 2.45) is 0 Å². The van der Waals surface area contributed by atoms with E-state index < -0.39 is 4.92 Å². The first-order valence-corrected chi connectivity index (χ1v) is 7.46. The number of nitro groups is 1. The summed E-state index contributed by atoms with van der Waals surface area (Å²) in [5.74, 6) is -0.0589. The van der Waals surface area contributed by atoms with Crippen LogP contribution in [0.15, 0.2) is 24.3 Å². The van der Waals surface area contributed by atoms with Gasteiger partial charge in [-0.05, 0) is 13.0 Å². The number of carbonyl (C=O) groups is 1. The van der Waals surface area contributed by atoms with Crippen LogP contribution in [0.25, 0.3) is 0 Å². The zero-order valence-corrected chi connectivity index (χ0v) is 13.0. The molecule has 0 amide bonds. The molecule has 1 aromatic carbocycles. The third-order valence-corrected chi connectivity index (χ3v) is 3.37. The van der Waals surface area contributed by atoms with Crippen LogP contribution in [0.5, 0.6) is 5.75 Å². The molecule has 126 valence electrons. The van der Waals surface area contributed by atoms with Gasteiger partial charge in [0.15, 0.2) is 5.75 Å². The molecular formula is C15H20N2O6. The minimum Gasteiger partial charge on any atom is -0.484 e. The van der Waals surface area contributed by atoms with E-state index in [1.54, 1.807) is 25.1 Å². The number of rotatable bonds is 7. The molecule has 1 fully saturated rings. The number of hydrogen-bond donors (Lipinski definition) is 0. The average Bonchev–Trinajstić information content (AvgIpc) is 2.53. The fourth-order valence-electron chi connectivity index (χ4n) is 2.33. The van der Waals surface area contributed by atoms with Gasteiger partial charge in [0, 0.05) is 19.2 Å². The Morgan fingerprint density at radius 3 is 3.00 bits per heavy atom. The van der Waals surface area contributed by atoms with Gasteiger partial charge in [0.25, 0.3) is 0 Å². The molecule has 1 aromatic rings. The maximum Gasteiger partial charge on any atom is 0.320 e. The molecule has 0 spiro atoms. The lowest BCUT2D eigenvalue weighted by Crippen LogP contribution is -2.47. The van der Waals surface area contributed by atoms with Crippen molar-refractivity contribution in [2.75, 3.05) is 39.5 Å². The predicted octanol–water partition coefficient (Wildman–Crippen LogP) is 1.24. The van der Waals surface area contributed by atoms with Crippen molar-refractivity contribution in [3.05, 3.63) is 34.4 Å². The van der Waals surface area contributed by atoms with Crippen LogP contribution in [0.1, 0.15) is 6.92 Å². The fraction of sp³-hybridized carbons (Fsp3) is 0.533. The second-order valence-electron chi connectivity index (χ2n) is 5.07. The Kier molecular flexibility index (Phi) is 6.30. The summed E-state index contributed by atoms with van der Waals surface area (Å²) >= 11 is 0. The van der Waals surface area contributed by atoms with Gasteiger partial charge in [0.05, 0.1) is 24.7 Å². The van der Waals surface area contributed by atoms with Crippen LogP contribution in [0, 0.1) is 10.1 Å². The topological polar surface area (TPSA) is 91.1 Å². The number of ether oxygens (including phenoxy) is 3. The molecule has 0 aliphatic carbocycles. The Hall–Kier alpha value is -2.19. The van der Waals surface area contributed by atoms with Crippen LogP contribution in [0.3, 0.4) is 0 Å². The van der Waals surface area contributed by atoms with Crippen molar-refractivity contribution in [1.29, 1.82) is 0 Å². The third kappa shape index (κ3) is 5.19. The summed E-state index contributed by atoms with van der Waals surface area (Å²) < 4.78 is 16.0. The third-order valence-electron chi connectivity index (χ3n) is 3.37. The van der Waals surface area contributed by atoms with Crippen molar-refractivity contribution >= 4 is 11.7 Å². The molecule has 1 aliphatic heterocycles. The minimum absolute atomic E-state index is 0.0771. The Morgan fingerprint density at radius 1 is 1.48 bits per heavy atom. The van der Waals surface area contributed by atoms with E-state index in [0.717, 1.165) is 0 Å². The van der Waals surface area contributed by atoms with Gasteiger partial charge in [-0.1, -0.05) is 12.1 Å². The number of morpholine rings is 1. The zero-order valence-electron chi connectivity index (χ0n) is 13.0. The molecule has 8 heteroatoms. The van der Waals surface area contributed by atoms with E-state index in [1.165, 1.54) is 6.07 Å². The average molecular weight is 324 g/mol. The lowest BCUT2D eigenvalue weighted by atomic mass is 10.2. The van der Waals surface area contributed by atoms with Crippen molar-refractivity contribution in [3.63, 3.8) is 0 Å². The maximum atomic E-state index is 11.5. The number of para-hydroxylation sites is 2. The highest BCUT2D eigenvalue weighted by Crippen LogP contribution is 2.26. The number of nitrogens with zero attached hydrogens (tertiary/aromatic N) is 2. The van der Waals surface area contributed by atoms with Crippen LogP contribution < -0.4 is 4.74 Å². The molecule has 0 bridgehead atoms. The highest BCUT2D eigenvalue weighted by molar-refractivity contribution is 5.71. The van der Waals surface area contributed by atoms with Gasteiger partial charge in [0.2, 0.25) is 0 Å². The quantitative estimate of drug-likeness (QED) is 0.423. The molecule has 8 nitrogen and oxygen atoms in total. The lowest BCUT2D eigenvalue weighted by molar-refractivity contribution is -0.385. The maximum absolute atomic E-state index is 11.5. The molecule has 0 radical (unpaired) electrons. The number of carbonyl (C=O) groups excluding carboxylic acids is 1.